The molecule has 1 heterocycles. The van der Waals surface area contributed by atoms with Crippen LogP contribution in [0.4, 0.5) is 0 Å². The molecule has 23 heavy (non-hydrogen) atoms. The van der Waals surface area contributed by atoms with Crippen molar-refractivity contribution >= 4 is 40.0 Å². The zero-order valence-electron chi connectivity index (χ0n) is 13.0. The summed E-state index contributed by atoms with van der Waals surface area (Å²) in [4.78, 5) is 4.22. The molecule has 1 aliphatic heterocycles. The number of fused-ring (bicyclic) bond motifs is 1. The number of nitrogens with two attached hydrogens (primary N) is 1. The first-order valence-electron chi connectivity index (χ1n) is 7.18. The molecule has 0 spiro atoms. The van der Waals surface area contributed by atoms with Crippen molar-refractivity contribution in [1.29, 1.82) is 0 Å². The number of hydrogen-bond donors (Lipinski definition) is 3. The lowest BCUT2D eigenvalue weighted by molar-refractivity contribution is 0.262. The number of sulfonamides is 1. The predicted molar refractivity (Wildman–Crippen MR) is 102 cm³/mol. The number of halogens is 1. The van der Waals surface area contributed by atoms with Crippen LogP contribution >= 0.6 is 24.0 Å². The van der Waals surface area contributed by atoms with Gasteiger partial charge in [-0.25, -0.2) is 13.1 Å². The van der Waals surface area contributed by atoms with Crippen molar-refractivity contribution in [1.82, 2.24) is 10.0 Å². The maximum Gasteiger partial charge on any atom is 0.208 e. The molecule has 1 aliphatic rings. The Morgan fingerprint density at radius 3 is 2.91 bits per heavy atom. The van der Waals surface area contributed by atoms with Gasteiger partial charge in [0.15, 0.2) is 5.96 Å². The average Bonchev–Trinajstić information content (AvgIpc) is 2.46. The lowest BCUT2D eigenvalue weighted by Gasteiger charge is -2.26. The summed E-state index contributed by atoms with van der Waals surface area (Å²) in [6.07, 6.45) is 2.55. The molecular weight excluding hydrogens is 431 g/mol. The molecule has 1 atom stereocenters. The van der Waals surface area contributed by atoms with E-state index in [1.807, 2.05) is 24.3 Å². The van der Waals surface area contributed by atoms with Gasteiger partial charge in [0, 0.05) is 25.1 Å². The zero-order valence-corrected chi connectivity index (χ0v) is 16.1. The zero-order chi connectivity index (χ0) is 16.0. The molecule has 0 aromatic heterocycles. The van der Waals surface area contributed by atoms with E-state index in [1.54, 1.807) is 0 Å². The number of aliphatic imine (C=N–C) groups is 1. The monoisotopic (exact) mass is 454 g/mol. The minimum Gasteiger partial charge on any atom is -0.493 e. The van der Waals surface area contributed by atoms with Gasteiger partial charge in [-0.3, -0.25) is 4.99 Å². The normalized spacial score (nSPS) is 17.6. The van der Waals surface area contributed by atoms with Crippen LogP contribution in [0.5, 0.6) is 5.75 Å². The van der Waals surface area contributed by atoms with Gasteiger partial charge in [-0.2, -0.15) is 0 Å². The fourth-order valence-electron chi connectivity index (χ4n) is 2.25. The molecule has 1 aromatic rings. The molecule has 0 saturated carbocycles. The van der Waals surface area contributed by atoms with Crippen molar-refractivity contribution in [3.05, 3.63) is 29.8 Å². The summed E-state index contributed by atoms with van der Waals surface area (Å²) in [5.74, 6) is 1.23. The highest BCUT2D eigenvalue weighted by Gasteiger charge is 2.21. The van der Waals surface area contributed by atoms with E-state index in [0.29, 0.717) is 32.1 Å². The van der Waals surface area contributed by atoms with Gasteiger partial charge in [0.05, 0.1) is 18.9 Å². The Bertz CT molecular complexity index is 637. The number of para-hydroxylation sites is 1. The average molecular weight is 454 g/mol. The van der Waals surface area contributed by atoms with E-state index in [0.717, 1.165) is 24.0 Å². The van der Waals surface area contributed by atoms with E-state index < -0.39 is 10.0 Å². The fourth-order valence-corrected chi connectivity index (χ4v) is 2.77. The molecular formula is C14H23IN4O3S. The predicted octanol–water partition coefficient (Wildman–Crippen LogP) is 0.972. The highest BCUT2D eigenvalue weighted by Crippen LogP contribution is 2.31. The van der Waals surface area contributed by atoms with Crippen molar-refractivity contribution in [3.8, 4) is 5.75 Å². The molecule has 1 unspecified atom stereocenters. The van der Waals surface area contributed by atoms with E-state index in [-0.39, 0.29) is 30.0 Å². The van der Waals surface area contributed by atoms with Gasteiger partial charge < -0.3 is 15.8 Å². The molecule has 9 heteroatoms. The summed E-state index contributed by atoms with van der Waals surface area (Å²) in [5.41, 5.74) is 6.96. The standard InChI is InChI=1S/C14H22N4O3S.HI/c1-22(19,20)17-9-4-8-16-14(15)18-12-7-10-21-13-6-3-2-5-11(12)13;/h2-3,5-6,12,17H,4,7-10H2,1H3,(H3,15,16,18);1H. The Balaban J connectivity index is 0.00000264. The third-order valence-electron chi connectivity index (χ3n) is 3.26. The molecule has 1 aromatic carbocycles. The van der Waals surface area contributed by atoms with Gasteiger partial charge in [-0.1, -0.05) is 18.2 Å². The minimum absolute atomic E-state index is 0. The lowest BCUT2D eigenvalue weighted by Crippen LogP contribution is -2.37. The van der Waals surface area contributed by atoms with Crippen molar-refractivity contribution in [2.45, 2.75) is 18.9 Å². The summed E-state index contributed by atoms with van der Waals surface area (Å²) in [5, 5.41) is 3.19. The van der Waals surface area contributed by atoms with Crippen LogP contribution in [-0.2, 0) is 10.0 Å². The molecule has 4 N–H and O–H groups in total. The van der Waals surface area contributed by atoms with Crippen LogP contribution < -0.4 is 20.5 Å². The van der Waals surface area contributed by atoms with Gasteiger partial charge >= 0.3 is 0 Å². The highest BCUT2D eigenvalue weighted by atomic mass is 127. The molecule has 130 valence electrons. The second-order valence-corrected chi connectivity index (χ2v) is 6.99. The van der Waals surface area contributed by atoms with E-state index >= 15 is 0 Å². The Kier molecular flexibility index (Phi) is 8.06. The smallest absolute Gasteiger partial charge is 0.208 e. The van der Waals surface area contributed by atoms with Crippen molar-refractivity contribution < 1.29 is 13.2 Å². The molecule has 0 aliphatic carbocycles. The lowest BCUT2D eigenvalue weighted by atomic mass is 10.0. The van der Waals surface area contributed by atoms with E-state index in [1.165, 1.54) is 0 Å². The molecule has 0 fully saturated rings. The third kappa shape index (κ3) is 6.92. The van der Waals surface area contributed by atoms with E-state index in [2.05, 4.69) is 15.0 Å². The van der Waals surface area contributed by atoms with Gasteiger partial charge in [-0.05, 0) is 12.5 Å². The maximum absolute atomic E-state index is 10.9. The second-order valence-electron chi connectivity index (χ2n) is 5.16. The SMILES string of the molecule is CS(=O)(=O)NCCCN=C(N)NC1CCOc2ccccc21.I. The second kappa shape index (κ2) is 9.28. The summed E-state index contributed by atoms with van der Waals surface area (Å²) < 4.78 is 29.8. The van der Waals surface area contributed by atoms with Gasteiger partial charge in [0.2, 0.25) is 10.0 Å². The topological polar surface area (TPSA) is 106 Å². The van der Waals surface area contributed by atoms with Crippen molar-refractivity contribution in [2.24, 2.45) is 10.7 Å². The number of benzene rings is 1. The highest BCUT2D eigenvalue weighted by molar-refractivity contribution is 14.0. The van der Waals surface area contributed by atoms with Crippen LogP contribution in [0.3, 0.4) is 0 Å². The first-order valence-corrected chi connectivity index (χ1v) is 9.07. The molecule has 0 radical (unpaired) electrons. The number of hydrogen-bond acceptors (Lipinski definition) is 4. The number of nitrogens with zero attached hydrogens (tertiary/aromatic N) is 1. The Morgan fingerprint density at radius 1 is 1.43 bits per heavy atom. The van der Waals surface area contributed by atoms with Crippen LogP contribution in [0.2, 0.25) is 0 Å². The molecule has 0 bridgehead atoms. The third-order valence-corrected chi connectivity index (χ3v) is 3.99. The number of ether oxygens (including phenoxy) is 1. The van der Waals surface area contributed by atoms with Crippen molar-refractivity contribution in [3.63, 3.8) is 0 Å². The van der Waals surface area contributed by atoms with E-state index in [9.17, 15) is 8.42 Å². The fraction of sp³-hybridized carbons (Fsp3) is 0.500. The first-order chi connectivity index (χ1) is 10.5. The molecule has 0 amide bonds. The van der Waals surface area contributed by atoms with Crippen LogP contribution in [0.15, 0.2) is 29.3 Å². The maximum atomic E-state index is 10.9. The van der Waals surface area contributed by atoms with E-state index in [4.69, 9.17) is 10.5 Å². The molecule has 7 nitrogen and oxygen atoms in total. The van der Waals surface area contributed by atoms with Crippen LogP contribution in [0.1, 0.15) is 24.4 Å². The first kappa shape index (κ1) is 20.0. The van der Waals surface area contributed by atoms with Gasteiger partial charge in [0.25, 0.3) is 0 Å². The van der Waals surface area contributed by atoms with Crippen molar-refractivity contribution in [2.75, 3.05) is 26.0 Å². The summed E-state index contributed by atoms with van der Waals surface area (Å²) in [6, 6.07) is 7.94. The van der Waals surface area contributed by atoms with Crippen LogP contribution in [0.25, 0.3) is 0 Å². The van der Waals surface area contributed by atoms with Crippen LogP contribution in [0, 0.1) is 0 Å². The molecule has 2 rings (SSSR count). The quantitative estimate of drug-likeness (QED) is 0.257. The number of nitrogens with one attached hydrogen (secondary N) is 2. The molecule has 0 saturated heterocycles. The number of rotatable bonds is 6. The Labute approximate surface area is 154 Å². The minimum atomic E-state index is -3.14. The van der Waals surface area contributed by atoms with Gasteiger partial charge in [0.1, 0.15) is 5.75 Å². The number of guanidine groups is 1. The van der Waals surface area contributed by atoms with Crippen LogP contribution in [-0.4, -0.2) is 40.3 Å². The van der Waals surface area contributed by atoms with Gasteiger partial charge in [-0.15, -0.1) is 24.0 Å². The summed E-state index contributed by atoms with van der Waals surface area (Å²) in [7, 11) is -3.14. The Hall–Kier alpha value is -1.07. The summed E-state index contributed by atoms with van der Waals surface area (Å²) in [6.45, 7) is 1.46. The summed E-state index contributed by atoms with van der Waals surface area (Å²) >= 11 is 0. The Morgan fingerprint density at radius 2 is 2.17 bits per heavy atom. The largest absolute Gasteiger partial charge is 0.493 e.